The van der Waals surface area contributed by atoms with Crippen LogP contribution in [0.5, 0.6) is 0 Å². The summed E-state index contributed by atoms with van der Waals surface area (Å²) < 4.78 is 34.4. The van der Waals surface area contributed by atoms with Crippen molar-refractivity contribution >= 4 is 31.6 Å². The zero-order valence-electron chi connectivity index (χ0n) is 6.98. The summed E-state index contributed by atoms with van der Waals surface area (Å²) in [7, 11) is -4.36. The zero-order valence-corrected chi connectivity index (χ0v) is 9.38. The summed E-state index contributed by atoms with van der Waals surface area (Å²) in [6.45, 7) is 0. The second kappa shape index (κ2) is 3.83. The fourth-order valence-electron chi connectivity index (χ4n) is 0.936. The summed E-state index contributed by atoms with van der Waals surface area (Å²) in [6, 6.07) is 1.51. The van der Waals surface area contributed by atoms with Crippen LogP contribution in [-0.4, -0.2) is 13.3 Å². The molecule has 0 fully saturated rings. The van der Waals surface area contributed by atoms with Crippen molar-refractivity contribution in [1.82, 2.24) is 0 Å². The van der Waals surface area contributed by atoms with Crippen LogP contribution in [0.3, 0.4) is 0 Å². The van der Waals surface area contributed by atoms with Gasteiger partial charge in [-0.2, -0.15) is 0 Å². The van der Waals surface area contributed by atoms with Gasteiger partial charge < -0.3 is 0 Å². The zero-order chi connectivity index (χ0) is 11.8. The van der Waals surface area contributed by atoms with Gasteiger partial charge in [0.05, 0.1) is 9.40 Å². The third-order valence-corrected chi connectivity index (χ3v) is 3.53. The van der Waals surface area contributed by atoms with Gasteiger partial charge in [0.1, 0.15) is 5.82 Å². The molecule has 0 aliphatic rings. The Labute approximate surface area is 92.2 Å². The Bertz CT molecular complexity index is 530. The second-order valence-corrected chi connectivity index (χ2v) is 4.80. The lowest BCUT2D eigenvalue weighted by atomic mass is 10.3. The van der Waals surface area contributed by atoms with Gasteiger partial charge in [0.2, 0.25) is 10.0 Å². The Kier molecular flexibility index (Phi) is 3.07. The number of primary sulfonamides is 1. The van der Waals surface area contributed by atoms with Gasteiger partial charge in [-0.3, -0.25) is 10.1 Å². The second-order valence-electron chi connectivity index (χ2n) is 2.51. The van der Waals surface area contributed by atoms with E-state index in [0.717, 1.165) is 12.1 Å². The topological polar surface area (TPSA) is 103 Å². The average Bonchev–Trinajstić information content (AvgIpc) is 2.06. The molecule has 9 heteroatoms. The van der Waals surface area contributed by atoms with Crippen LogP contribution in [0.25, 0.3) is 0 Å². The maximum absolute atomic E-state index is 13.0. The van der Waals surface area contributed by atoms with E-state index in [1.165, 1.54) is 0 Å². The SMILES string of the molecule is NS(=O)(=O)c1c([N+](=O)[O-])ccc(F)c1Br. The third-order valence-electron chi connectivity index (χ3n) is 1.51. The fourth-order valence-corrected chi connectivity index (χ4v) is 2.73. The van der Waals surface area contributed by atoms with Crippen molar-refractivity contribution in [2.75, 3.05) is 0 Å². The van der Waals surface area contributed by atoms with E-state index in [1.807, 2.05) is 0 Å². The monoisotopic (exact) mass is 298 g/mol. The minimum Gasteiger partial charge on any atom is -0.258 e. The fraction of sp³-hybridized carbons (Fsp3) is 0. The lowest BCUT2D eigenvalue weighted by Crippen LogP contribution is -2.15. The van der Waals surface area contributed by atoms with Crippen LogP contribution in [0.2, 0.25) is 0 Å². The number of nitro groups is 1. The van der Waals surface area contributed by atoms with E-state index < -0.39 is 35.8 Å². The molecule has 0 heterocycles. The van der Waals surface area contributed by atoms with Gasteiger partial charge in [-0.05, 0) is 22.0 Å². The van der Waals surface area contributed by atoms with E-state index in [9.17, 15) is 22.9 Å². The van der Waals surface area contributed by atoms with Crippen molar-refractivity contribution in [2.45, 2.75) is 4.90 Å². The maximum Gasteiger partial charge on any atom is 0.290 e. The number of sulfonamides is 1. The van der Waals surface area contributed by atoms with Crippen molar-refractivity contribution < 1.29 is 17.7 Å². The molecular weight excluding hydrogens is 295 g/mol. The molecule has 1 aromatic carbocycles. The molecule has 0 spiro atoms. The highest BCUT2D eigenvalue weighted by atomic mass is 79.9. The largest absolute Gasteiger partial charge is 0.290 e. The maximum atomic E-state index is 13.0. The molecule has 0 aliphatic carbocycles. The minimum absolute atomic E-state index is 0.542. The molecule has 0 atom stereocenters. The molecule has 2 N–H and O–H groups in total. The van der Waals surface area contributed by atoms with Crippen molar-refractivity contribution in [2.24, 2.45) is 5.14 Å². The predicted octanol–water partition coefficient (Wildman–Crippen LogP) is 1.14. The van der Waals surface area contributed by atoms with Gasteiger partial charge in [0.15, 0.2) is 4.90 Å². The number of rotatable bonds is 2. The van der Waals surface area contributed by atoms with Crippen molar-refractivity contribution in [3.8, 4) is 0 Å². The Balaban J connectivity index is 3.72. The van der Waals surface area contributed by atoms with Gasteiger partial charge in [-0.1, -0.05) is 0 Å². The van der Waals surface area contributed by atoms with E-state index in [1.54, 1.807) is 0 Å². The number of nitrogens with zero attached hydrogens (tertiary/aromatic N) is 1. The van der Waals surface area contributed by atoms with E-state index in [4.69, 9.17) is 5.14 Å². The van der Waals surface area contributed by atoms with Gasteiger partial charge >= 0.3 is 0 Å². The standard InChI is InChI=1S/C6H4BrFN2O4S/c7-5-3(8)1-2-4(10(11)12)6(5)15(9,13)14/h1-2H,(H2,9,13,14). The van der Waals surface area contributed by atoms with Crippen LogP contribution in [0, 0.1) is 15.9 Å². The number of benzene rings is 1. The highest BCUT2D eigenvalue weighted by molar-refractivity contribution is 9.10. The Morgan fingerprint density at radius 2 is 2.00 bits per heavy atom. The number of halogens is 2. The van der Waals surface area contributed by atoms with Gasteiger partial charge in [0, 0.05) is 6.07 Å². The molecular formula is C6H4BrFN2O4S. The van der Waals surface area contributed by atoms with Crippen LogP contribution in [0.4, 0.5) is 10.1 Å². The highest BCUT2D eigenvalue weighted by Gasteiger charge is 2.27. The van der Waals surface area contributed by atoms with Crippen molar-refractivity contribution in [1.29, 1.82) is 0 Å². The van der Waals surface area contributed by atoms with Crippen molar-refractivity contribution in [3.05, 3.63) is 32.5 Å². The highest BCUT2D eigenvalue weighted by Crippen LogP contribution is 2.32. The van der Waals surface area contributed by atoms with E-state index >= 15 is 0 Å². The summed E-state index contributed by atoms with van der Waals surface area (Å²) in [6.07, 6.45) is 0. The summed E-state index contributed by atoms with van der Waals surface area (Å²) >= 11 is 2.60. The molecule has 0 amide bonds. The van der Waals surface area contributed by atoms with E-state index in [-0.39, 0.29) is 0 Å². The van der Waals surface area contributed by atoms with Gasteiger partial charge in [-0.25, -0.2) is 17.9 Å². The first-order chi connectivity index (χ1) is 6.75. The predicted molar refractivity (Wildman–Crippen MR) is 52.1 cm³/mol. The molecule has 0 saturated heterocycles. The van der Waals surface area contributed by atoms with Gasteiger partial charge in [0.25, 0.3) is 5.69 Å². The molecule has 0 aliphatic heterocycles. The minimum atomic E-state index is -4.36. The Hall–Kier alpha value is -1.06. The molecule has 1 aromatic rings. The van der Waals surface area contributed by atoms with Crippen LogP contribution in [0.15, 0.2) is 21.5 Å². The van der Waals surface area contributed by atoms with Crippen molar-refractivity contribution in [3.63, 3.8) is 0 Å². The Morgan fingerprint density at radius 1 is 1.47 bits per heavy atom. The third kappa shape index (κ3) is 2.30. The average molecular weight is 299 g/mol. The number of nitrogens with two attached hydrogens (primary N) is 1. The van der Waals surface area contributed by atoms with Crippen LogP contribution < -0.4 is 5.14 Å². The lowest BCUT2D eigenvalue weighted by Gasteiger charge is -2.03. The summed E-state index contributed by atoms with van der Waals surface area (Å²) in [5, 5.41) is 15.2. The number of hydrogen-bond acceptors (Lipinski definition) is 4. The molecule has 0 aromatic heterocycles. The molecule has 82 valence electrons. The van der Waals surface area contributed by atoms with Crippen LogP contribution in [0.1, 0.15) is 0 Å². The molecule has 15 heavy (non-hydrogen) atoms. The first-order valence-corrected chi connectivity index (χ1v) is 5.74. The van der Waals surface area contributed by atoms with Crippen LogP contribution >= 0.6 is 15.9 Å². The molecule has 0 radical (unpaired) electrons. The van der Waals surface area contributed by atoms with E-state index in [2.05, 4.69) is 15.9 Å². The smallest absolute Gasteiger partial charge is 0.258 e. The molecule has 6 nitrogen and oxygen atoms in total. The summed E-state index contributed by atoms with van der Waals surface area (Å²) in [5.41, 5.74) is -0.772. The molecule has 0 saturated carbocycles. The lowest BCUT2D eigenvalue weighted by molar-refractivity contribution is -0.388. The summed E-state index contributed by atoms with van der Waals surface area (Å²) in [4.78, 5) is 8.65. The normalized spacial score (nSPS) is 11.4. The summed E-state index contributed by atoms with van der Waals surface area (Å²) in [5.74, 6) is -0.940. The quantitative estimate of drug-likeness (QED) is 0.653. The van der Waals surface area contributed by atoms with Crippen LogP contribution in [-0.2, 0) is 10.0 Å². The molecule has 0 bridgehead atoms. The first-order valence-electron chi connectivity index (χ1n) is 3.40. The van der Waals surface area contributed by atoms with Gasteiger partial charge in [-0.15, -0.1) is 0 Å². The molecule has 0 unspecified atom stereocenters. The number of nitro benzene ring substituents is 1. The molecule has 1 rings (SSSR count). The number of hydrogen-bond donors (Lipinski definition) is 1. The first kappa shape index (κ1) is 12.0. The Morgan fingerprint density at radius 3 is 2.40 bits per heavy atom. The van der Waals surface area contributed by atoms with E-state index in [0.29, 0.717) is 0 Å².